The number of amides is 1. The van der Waals surface area contributed by atoms with Crippen molar-refractivity contribution in [2.24, 2.45) is 0 Å². The zero-order chi connectivity index (χ0) is 16.7. The van der Waals surface area contributed by atoms with Gasteiger partial charge in [-0.25, -0.2) is 4.79 Å². The molecule has 0 bridgehead atoms. The van der Waals surface area contributed by atoms with Gasteiger partial charge in [-0.05, 0) is 36.1 Å². The summed E-state index contributed by atoms with van der Waals surface area (Å²) in [6.45, 7) is 1.55. The molecule has 1 aliphatic heterocycles. The molecule has 6 heteroatoms. The molecule has 2 heterocycles. The predicted octanol–water partition coefficient (Wildman–Crippen LogP) is 2.76. The zero-order valence-electron chi connectivity index (χ0n) is 13.0. The molecule has 1 amide bonds. The molecule has 1 spiro atoms. The Labute approximate surface area is 143 Å². The number of aryl methyl sites for hydroxylation is 1. The normalized spacial score (nSPS) is 22.6. The molecule has 1 aromatic carbocycles. The molecule has 1 unspecified atom stereocenters. The SMILES string of the molecule is O=C(O)c1ccc(C(=O)N2CCOC3(CCc4ccccc43)C2)s1. The Bertz CT molecular complexity index is 811. The van der Waals surface area contributed by atoms with E-state index in [1.807, 2.05) is 12.1 Å². The molecule has 0 saturated carbocycles. The number of thiophene rings is 1. The first-order valence-electron chi connectivity index (χ1n) is 7.94. The number of carbonyl (C=O) groups is 2. The van der Waals surface area contributed by atoms with Gasteiger partial charge in [0.2, 0.25) is 0 Å². The van der Waals surface area contributed by atoms with E-state index in [2.05, 4.69) is 12.1 Å². The van der Waals surface area contributed by atoms with Crippen LogP contribution in [0.4, 0.5) is 0 Å². The second kappa shape index (κ2) is 5.72. The molecule has 1 fully saturated rings. The van der Waals surface area contributed by atoms with E-state index in [4.69, 9.17) is 9.84 Å². The van der Waals surface area contributed by atoms with E-state index < -0.39 is 11.6 Å². The van der Waals surface area contributed by atoms with Crippen LogP contribution in [-0.2, 0) is 16.8 Å². The third-order valence-corrected chi connectivity index (χ3v) is 5.87. The zero-order valence-corrected chi connectivity index (χ0v) is 13.8. The third-order valence-electron chi connectivity index (χ3n) is 4.81. The van der Waals surface area contributed by atoms with Gasteiger partial charge in [0.25, 0.3) is 5.91 Å². The number of benzene rings is 1. The van der Waals surface area contributed by atoms with Gasteiger partial charge in [0.05, 0.1) is 18.0 Å². The van der Waals surface area contributed by atoms with Crippen LogP contribution in [-0.4, -0.2) is 41.6 Å². The Balaban J connectivity index is 1.59. The number of nitrogens with zero attached hydrogens (tertiary/aromatic N) is 1. The van der Waals surface area contributed by atoms with E-state index >= 15 is 0 Å². The van der Waals surface area contributed by atoms with Gasteiger partial charge in [0.1, 0.15) is 10.5 Å². The molecule has 124 valence electrons. The van der Waals surface area contributed by atoms with Crippen LogP contribution < -0.4 is 0 Å². The average Bonchev–Trinajstić information content (AvgIpc) is 3.21. The van der Waals surface area contributed by atoms with Gasteiger partial charge in [-0.2, -0.15) is 0 Å². The standard InChI is InChI=1S/C18H17NO4S/c20-16(14-5-6-15(24-14)17(21)22)19-9-10-23-18(11-19)8-7-12-3-1-2-4-13(12)18/h1-6H,7-11H2,(H,21,22). The highest BCUT2D eigenvalue weighted by molar-refractivity contribution is 7.15. The van der Waals surface area contributed by atoms with E-state index in [1.165, 1.54) is 17.2 Å². The minimum absolute atomic E-state index is 0.112. The molecule has 1 aromatic heterocycles. The fourth-order valence-electron chi connectivity index (χ4n) is 3.65. The van der Waals surface area contributed by atoms with Crippen LogP contribution in [0.2, 0.25) is 0 Å². The topological polar surface area (TPSA) is 66.8 Å². The third kappa shape index (κ3) is 2.42. The number of carboxylic acids is 1. The number of morpholine rings is 1. The van der Waals surface area contributed by atoms with Gasteiger partial charge in [0.15, 0.2) is 0 Å². The maximum atomic E-state index is 12.8. The van der Waals surface area contributed by atoms with Crippen LogP contribution >= 0.6 is 11.3 Å². The minimum atomic E-state index is -0.998. The molecule has 1 aliphatic carbocycles. The largest absolute Gasteiger partial charge is 0.477 e. The van der Waals surface area contributed by atoms with Crippen molar-refractivity contribution in [3.05, 3.63) is 57.3 Å². The highest BCUT2D eigenvalue weighted by Crippen LogP contribution is 2.42. The van der Waals surface area contributed by atoms with Crippen LogP contribution in [0.15, 0.2) is 36.4 Å². The summed E-state index contributed by atoms with van der Waals surface area (Å²) in [5.41, 5.74) is 2.05. The van der Waals surface area contributed by atoms with Crippen molar-refractivity contribution >= 4 is 23.2 Å². The van der Waals surface area contributed by atoms with Crippen LogP contribution in [0.25, 0.3) is 0 Å². The molecule has 2 aromatic rings. The van der Waals surface area contributed by atoms with Crippen molar-refractivity contribution in [3.63, 3.8) is 0 Å². The number of aromatic carboxylic acids is 1. The molecule has 24 heavy (non-hydrogen) atoms. The number of hydrogen-bond donors (Lipinski definition) is 1. The van der Waals surface area contributed by atoms with Crippen molar-refractivity contribution in [2.75, 3.05) is 19.7 Å². The highest BCUT2D eigenvalue weighted by atomic mass is 32.1. The molecular weight excluding hydrogens is 326 g/mol. The quantitative estimate of drug-likeness (QED) is 0.910. The maximum Gasteiger partial charge on any atom is 0.345 e. The summed E-state index contributed by atoms with van der Waals surface area (Å²) in [5, 5.41) is 9.03. The second-order valence-corrected chi connectivity index (χ2v) is 7.28. The van der Waals surface area contributed by atoms with Crippen molar-refractivity contribution in [1.82, 2.24) is 4.90 Å². The first-order chi connectivity index (χ1) is 11.6. The minimum Gasteiger partial charge on any atom is -0.477 e. The summed E-state index contributed by atoms with van der Waals surface area (Å²) < 4.78 is 6.13. The van der Waals surface area contributed by atoms with Gasteiger partial charge < -0.3 is 14.7 Å². The number of rotatable bonds is 2. The van der Waals surface area contributed by atoms with Crippen molar-refractivity contribution in [1.29, 1.82) is 0 Å². The van der Waals surface area contributed by atoms with E-state index in [0.29, 0.717) is 24.6 Å². The Morgan fingerprint density at radius 3 is 2.75 bits per heavy atom. The molecule has 2 aliphatic rings. The lowest BCUT2D eigenvalue weighted by Gasteiger charge is -2.41. The highest BCUT2D eigenvalue weighted by Gasteiger charge is 2.44. The lowest BCUT2D eigenvalue weighted by atomic mass is 9.93. The van der Waals surface area contributed by atoms with E-state index in [0.717, 1.165) is 24.2 Å². The fourth-order valence-corrected chi connectivity index (χ4v) is 4.46. The van der Waals surface area contributed by atoms with Gasteiger partial charge in [-0.15, -0.1) is 11.3 Å². The van der Waals surface area contributed by atoms with Gasteiger partial charge >= 0.3 is 5.97 Å². The van der Waals surface area contributed by atoms with E-state index in [-0.39, 0.29) is 10.8 Å². The molecular formula is C18H17NO4S. The Morgan fingerprint density at radius 2 is 1.96 bits per heavy atom. The maximum absolute atomic E-state index is 12.8. The Hall–Kier alpha value is -2.18. The summed E-state index contributed by atoms with van der Waals surface area (Å²) in [6.07, 6.45) is 1.83. The molecule has 5 nitrogen and oxygen atoms in total. The van der Waals surface area contributed by atoms with E-state index in [1.54, 1.807) is 11.0 Å². The number of hydrogen-bond acceptors (Lipinski definition) is 4. The van der Waals surface area contributed by atoms with Crippen LogP contribution in [0.5, 0.6) is 0 Å². The average molecular weight is 343 g/mol. The van der Waals surface area contributed by atoms with Crippen molar-refractivity contribution in [3.8, 4) is 0 Å². The van der Waals surface area contributed by atoms with Gasteiger partial charge in [-0.1, -0.05) is 24.3 Å². The molecule has 4 rings (SSSR count). The first kappa shape index (κ1) is 15.4. The fraction of sp³-hybridized carbons (Fsp3) is 0.333. The van der Waals surface area contributed by atoms with Gasteiger partial charge in [0, 0.05) is 6.54 Å². The number of ether oxygens (including phenoxy) is 1. The van der Waals surface area contributed by atoms with E-state index in [9.17, 15) is 9.59 Å². The van der Waals surface area contributed by atoms with Crippen molar-refractivity contribution in [2.45, 2.75) is 18.4 Å². The van der Waals surface area contributed by atoms with Crippen LogP contribution in [0.3, 0.4) is 0 Å². The van der Waals surface area contributed by atoms with Crippen molar-refractivity contribution < 1.29 is 19.4 Å². The summed E-state index contributed by atoms with van der Waals surface area (Å²) >= 11 is 1.03. The summed E-state index contributed by atoms with van der Waals surface area (Å²) in [7, 11) is 0. The summed E-state index contributed by atoms with van der Waals surface area (Å²) in [4.78, 5) is 26.2. The second-order valence-electron chi connectivity index (χ2n) is 6.20. The molecule has 1 atom stereocenters. The molecule has 0 radical (unpaired) electrons. The summed E-state index contributed by atoms with van der Waals surface area (Å²) in [6, 6.07) is 11.3. The molecule has 1 saturated heterocycles. The lowest BCUT2D eigenvalue weighted by molar-refractivity contribution is -0.103. The van der Waals surface area contributed by atoms with Gasteiger partial charge in [-0.3, -0.25) is 4.79 Å². The lowest BCUT2D eigenvalue weighted by Crippen LogP contribution is -2.50. The first-order valence-corrected chi connectivity index (χ1v) is 8.75. The number of carboxylic acid groups (broad SMARTS) is 1. The molecule has 1 N–H and O–H groups in total. The number of carbonyl (C=O) groups excluding carboxylic acids is 1. The Morgan fingerprint density at radius 1 is 1.17 bits per heavy atom. The number of fused-ring (bicyclic) bond motifs is 2. The summed E-state index contributed by atoms with van der Waals surface area (Å²) in [5.74, 6) is -1.11. The van der Waals surface area contributed by atoms with Crippen LogP contribution in [0.1, 0.15) is 36.9 Å². The predicted molar refractivity (Wildman–Crippen MR) is 89.6 cm³/mol. The smallest absolute Gasteiger partial charge is 0.345 e. The van der Waals surface area contributed by atoms with Crippen LogP contribution in [0, 0.1) is 0 Å². The monoisotopic (exact) mass is 343 g/mol. The Kier molecular flexibility index (Phi) is 3.66.